The van der Waals surface area contributed by atoms with Gasteiger partial charge in [0.05, 0.1) is 0 Å². The van der Waals surface area contributed by atoms with Crippen LogP contribution in [0, 0.1) is 0 Å². The molecule has 0 saturated carbocycles. The highest BCUT2D eigenvalue weighted by molar-refractivity contribution is 7.99. The van der Waals surface area contributed by atoms with Crippen molar-refractivity contribution in [2.75, 3.05) is 24.9 Å². The topological polar surface area (TPSA) is 73.1 Å². The second-order valence-electron chi connectivity index (χ2n) is 3.98. The molecule has 7 heteroatoms. The number of nitrogens with zero attached hydrogens (tertiary/aromatic N) is 2. The van der Waals surface area contributed by atoms with Gasteiger partial charge in [-0.2, -0.15) is 0 Å². The van der Waals surface area contributed by atoms with E-state index >= 15 is 0 Å². The quantitative estimate of drug-likeness (QED) is 0.269. The summed E-state index contributed by atoms with van der Waals surface area (Å²) < 4.78 is 5.06. The number of thioether (sulfide) groups is 1. The summed E-state index contributed by atoms with van der Waals surface area (Å²) in [7, 11) is 1.72. The lowest BCUT2D eigenvalue weighted by Gasteiger charge is -2.04. The minimum atomic E-state index is 0.478. The molecule has 2 rings (SSSR count). The molecule has 3 N–H and O–H groups in total. The molecule has 0 bridgehead atoms. The van der Waals surface area contributed by atoms with Crippen LogP contribution in [0.3, 0.4) is 0 Å². The number of aryl methyl sites for hydroxylation is 1. The van der Waals surface area contributed by atoms with Crippen LogP contribution in [-0.4, -0.2) is 29.4 Å². The molecule has 0 unspecified atom stereocenters. The molecule has 0 aliphatic rings. The van der Waals surface area contributed by atoms with Gasteiger partial charge in [-0.15, -0.1) is 23.1 Å². The second kappa shape index (κ2) is 7.04. The van der Waals surface area contributed by atoms with Crippen molar-refractivity contribution in [2.45, 2.75) is 24.8 Å². The van der Waals surface area contributed by atoms with E-state index in [4.69, 9.17) is 10.6 Å². The largest absolute Gasteiger partial charge is 0.385 e. The Morgan fingerprint density at radius 2 is 2.32 bits per heavy atom. The van der Waals surface area contributed by atoms with E-state index in [1.165, 1.54) is 4.88 Å². The molecule has 5 nitrogen and oxygen atoms in total. The highest BCUT2D eigenvalue weighted by atomic mass is 32.2. The van der Waals surface area contributed by atoms with Crippen LogP contribution in [0.5, 0.6) is 0 Å². The number of nitrogens with one attached hydrogen (secondary N) is 1. The molecular weight excluding hydrogens is 280 g/mol. The van der Waals surface area contributed by atoms with Gasteiger partial charge in [-0.05, 0) is 18.9 Å². The summed E-state index contributed by atoms with van der Waals surface area (Å²) in [6.07, 6.45) is 2.02. The molecule has 0 spiro atoms. The van der Waals surface area contributed by atoms with Crippen molar-refractivity contribution in [3.63, 3.8) is 0 Å². The maximum absolute atomic E-state index is 5.43. The van der Waals surface area contributed by atoms with Crippen LogP contribution >= 0.6 is 23.1 Å². The molecule has 2 aromatic heterocycles. The van der Waals surface area contributed by atoms with Crippen LogP contribution in [0.25, 0.3) is 10.2 Å². The Morgan fingerprint density at radius 3 is 3.00 bits per heavy atom. The average molecular weight is 298 g/mol. The summed E-state index contributed by atoms with van der Waals surface area (Å²) >= 11 is 3.42. The van der Waals surface area contributed by atoms with Crippen LogP contribution in [0.15, 0.2) is 11.1 Å². The van der Waals surface area contributed by atoms with E-state index in [-0.39, 0.29) is 0 Å². The molecule has 0 aliphatic carbocycles. The third kappa shape index (κ3) is 3.56. The van der Waals surface area contributed by atoms with Crippen molar-refractivity contribution in [1.29, 1.82) is 0 Å². The van der Waals surface area contributed by atoms with Crippen molar-refractivity contribution in [3.05, 3.63) is 10.9 Å². The summed E-state index contributed by atoms with van der Waals surface area (Å²) in [5, 5.41) is 2.12. The number of hydrogen-bond acceptors (Lipinski definition) is 7. The van der Waals surface area contributed by atoms with Gasteiger partial charge in [0, 0.05) is 29.7 Å². The molecule has 0 amide bonds. The zero-order valence-corrected chi connectivity index (χ0v) is 12.7. The highest BCUT2D eigenvalue weighted by Gasteiger charge is 2.11. The van der Waals surface area contributed by atoms with Crippen molar-refractivity contribution < 1.29 is 4.74 Å². The molecule has 19 heavy (non-hydrogen) atoms. The number of aromatic nitrogens is 2. The van der Waals surface area contributed by atoms with Crippen LogP contribution in [-0.2, 0) is 11.2 Å². The fraction of sp³-hybridized carbons (Fsp3) is 0.500. The lowest BCUT2D eigenvalue weighted by atomic mass is 10.3. The van der Waals surface area contributed by atoms with Crippen LogP contribution in [0.2, 0.25) is 0 Å². The SMILES string of the molecule is CCc1cc2c(SCCCOC)nc(NN)nc2s1. The maximum Gasteiger partial charge on any atom is 0.239 e. The van der Waals surface area contributed by atoms with Crippen LogP contribution < -0.4 is 11.3 Å². The fourth-order valence-electron chi connectivity index (χ4n) is 1.67. The van der Waals surface area contributed by atoms with Gasteiger partial charge in [0.1, 0.15) is 9.86 Å². The lowest BCUT2D eigenvalue weighted by Crippen LogP contribution is -2.10. The number of hydrazine groups is 1. The van der Waals surface area contributed by atoms with Crippen LogP contribution in [0.1, 0.15) is 18.2 Å². The number of hydrogen-bond donors (Lipinski definition) is 2. The Labute approximate surface area is 120 Å². The Morgan fingerprint density at radius 1 is 1.47 bits per heavy atom. The van der Waals surface area contributed by atoms with E-state index in [0.717, 1.165) is 40.4 Å². The van der Waals surface area contributed by atoms with Crippen LogP contribution in [0.4, 0.5) is 5.95 Å². The van der Waals surface area contributed by atoms with Gasteiger partial charge >= 0.3 is 0 Å². The molecule has 104 valence electrons. The lowest BCUT2D eigenvalue weighted by molar-refractivity contribution is 0.200. The summed E-state index contributed by atoms with van der Waals surface area (Å²) in [5.41, 5.74) is 2.53. The summed E-state index contributed by atoms with van der Waals surface area (Å²) in [6.45, 7) is 2.92. The smallest absolute Gasteiger partial charge is 0.239 e. The van der Waals surface area contributed by atoms with E-state index < -0.39 is 0 Å². The van der Waals surface area contributed by atoms with Gasteiger partial charge in [0.15, 0.2) is 0 Å². The minimum absolute atomic E-state index is 0.478. The Hall–Kier alpha value is -0.890. The molecule has 0 aliphatic heterocycles. The van der Waals surface area contributed by atoms with Gasteiger partial charge in [0.25, 0.3) is 0 Å². The number of methoxy groups -OCH3 is 1. The molecule has 0 radical (unpaired) electrons. The first kappa shape index (κ1) is 14.5. The molecule has 0 fully saturated rings. The number of ether oxygens (including phenoxy) is 1. The highest BCUT2D eigenvalue weighted by Crippen LogP contribution is 2.32. The normalized spacial score (nSPS) is 11.1. The number of fused-ring (bicyclic) bond motifs is 1. The Kier molecular flexibility index (Phi) is 5.38. The molecule has 0 aromatic carbocycles. The summed E-state index contributed by atoms with van der Waals surface area (Å²) in [6, 6.07) is 2.18. The first-order valence-corrected chi connectivity index (χ1v) is 7.97. The zero-order valence-electron chi connectivity index (χ0n) is 11.1. The predicted molar refractivity (Wildman–Crippen MR) is 81.8 cm³/mol. The number of anilines is 1. The van der Waals surface area contributed by atoms with Gasteiger partial charge in [-0.3, -0.25) is 5.43 Å². The number of nitrogens with two attached hydrogens (primary N) is 1. The molecule has 0 saturated heterocycles. The van der Waals surface area contributed by atoms with Crippen molar-refractivity contribution >= 4 is 39.3 Å². The predicted octanol–water partition coefficient (Wildman–Crippen LogP) is 2.67. The third-order valence-corrected chi connectivity index (χ3v) is 4.87. The van der Waals surface area contributed by atoms with Crippen molar-refractivity contribution in [3.8, 4) is 0 Å². The standard InChI is InChI=1S/C12H18N4OS2/c1-3-8-7-9-10(18-6-4-5-17-2)14-12(16-13)15-11(9)19-8/h7H,3-6,13H2,1-2H3,(H,14,15,16). The first-order chi connectivity index (χ1) is 9.28. The van der Waals surface area contributed by atoms with E-state index in [9.17, 15) is 0 Å². The first-order valence-electron chi connectivity index (χ1n) is 6.17. The van der Waals surface area contributed by atoms with Crippen molar-refractivity contribution in [1.82, 2.24) is 9.97 Å². The third-order valence-electron chi connectivity index (χ3n) is 2.62. The maximum atomic E-state index is 5.43. The fourth-order valence-corrected chi connectivity index (χ4v) is 3.62. The Balaban J connectivity index is 2.25. The number of nitrogen functional groups attached to an aromatic ring is 1. The number of rotatable bonds is 7. The van der Waals surface area contributed by atoms with Crippen molar-refractivity contribution in [2.24, 2.45) is 5.84 Å². The summed E-state index contributed by atoms with van der Waals surface area (Å²) in [5.74, 6) is 6.88. The number of thiophene rings is 1. The molecule has 0 atom stereocenters. The molecular formula is C12H18N4OS2. The monoisotopic (exact) mass is 298 g/mol. The minimum Gasteiger partial charge on any atom is -0.385 e. The molecule has 2 heterocycles. The van der Waals surface area contributed by atoms with E-state index in [2.05, 4.69) is 28.4 Å². The second-order valence-corrected chi connectivity index (χ2v) is 6.18. The van der Waals surface area contributed by atoms with Gasteiger partial charge < -0.3 is 4.74 Å². The van der Waals surface area contributed by atoms with Gasteiger partial charge in [-0.1, -0.05) is 6.92 Å². The van der Waals surface area contributed by atoms with E-state index in [0.29, 0.717) is 5.95 Å². The van der Waals surface area contributed by atoms with E-state index in [1.807, 2.05) is 0 Å². The van der Waals surface area contributed by atoms with E-state index in [1.54, 1.807) is 30.2 Å². The van der Waals surface area contributed by atoms with Gasteiger partial charge in [-0.25, -0.2) is 15.8 Å². The Bertz CT molecular complexity index is 544. The average Bonchev–Trinajstić information content (AvgIpc) is 2.86. The molecule has 2 aromatic rings. The summed E-state index contributed by atoms with van der Waals surface area (Å²) in [4.78, 5) is 11.2. The van der Waals surface area contributed by atoms with Gasteiger partial charge in [0.2, 0.25) is 5.95 Å². The zero-order chi connectivity index (χ0) is 13.7.